The highest BCUT2D eigenvalue weighted by molar-refractivity contribution is 9.10. The first-order valence-electron chi connectivity index (χ1n) is 8.26. The first kappa shape index (κ1) is 19.2. The average Bonchev–Trinajstić information content (AvgIpc) is 2.62. The average molecular weight is 404 g/mol. The van der Waals surface area contributed by atoms with Crippen LogP contribution < -0.4 is 5.32 Å². The maximum Gasteiger partial charge on any atom is 0.310 e. The topological polar surface area (TPSA) is 55.4 Å². The molecule has 25 heavy (non-hydrogen) atoms. The maximum atomic E-state index is 12.0. The van der Waals surface area contributed by atoms with Gasteiger partial charge in [-0.3, -0.25) is 9.59 Å². The Labute approximate surface area is 156 Å². The molecule has 4 nitrogen and oxygen atoms in total. The van der Waals surface area contributed by atoms with Gasteiger partial charge in [-0.05, 0) is 42.2 Å². The van der Waals surface area contributed by atoms with Crippen molar-refractivity contribution in [3.05, 3.63) is 69.7 Å². The number of aryl methyl sites for hydroxylation is 1. The molecule has 0 heterocycles. The van der Waals surface area contributed by atoms with Gasteiger partial charge in [0.2, 0.25) is 0 Å². The molecule has 1 amide bonds. The van der Waals surface area contributed by atoms with Crippen molar-refractivity contribution in [1.82, 2.24) is 5.32 Å². The SMILES string of the molecule is CCc1ccc([C@@H](C)NC(=O)COC(=O)Cc2ccc(Br)cc2)cc1. The minimum atomic E-state index is -0.419. The van der Waals surface area contributed by atoms with Crippen LogP contribution in [0.5, 0.6) is 0 Å². The molecule has 2 aromatic carbocycles. The molecule has 1 N–H and O–H groups in total. The summed E-state index contributed by atoms with van der Waals surface area (Å²) in [6.45, 7) is 3.73. The van der Waals surface area contributed by atoms with E-state index in [9.17, 15) is 9.59 Å². The number of carbonyl (C=O) groups excluding carboxylic acids is 2. The summed E-state index contributed by atoms with van der Waals surface area (Å²) < 4.78 is 6.00. The number of hydrogen-bond acceptors (Lipinski definition) is 3. The second kappa shape index (κ2) is 9.37. The molecule has 5 heteroatoms. The molecule has 0 aliphatic carbocycles. The van der Waals surface area contributed by atoms with Gasteiger partial charge in [-0.25, -0.2) is 0 Å². The first-order chi connectivity index (χ1) is 12.0. The zero-order chi connectivity index (χ0) is 18.2. The van der Waals surface area contributed by atoms with Gasteiger partial charge in [0.1, 0.15) is 0 Å². The molecule has 0 spiro atoms. The van der Waals surface area contributed by atoms with Crippen molar-refractivity contribution in [3.8, 4) is 0 Å². The third-order valence-corrected chi connectivity index (χ3v) is 4.42. The summed E-state index contributed by atoms with van der Waals surface area (Å²) in [5.74, 6) is -0.728. The van der Waals surface area contributed by atoms with E-state index < -0.39 is 5.97 Å². The summed E-state index contributed by atoms with van der Waals surface area (Å²) in [4.78, 5) is 23.8. The van der Waals surface area contributed by atoms with E-state index in [1.807, 2.05) is 43.3 Å². The Morgan fingerprint density at radius 2 is 1.64 bits per heavy atom. The van der Waals surface area contributed by atoms with Crippen LogP contribution in [0.4, 0.5) is 0 Å². The van der Waals surface area contributed by atoms with Crippen LogP contribution in [0.15, 0.2) is 53.0 Å². The summed E-state index contributed by atoms with van der Waals surface area (Å²) in [6.07, 6.45) is 1.13. The lowest BCUT2D eigenvalue weighted by atomic mass is 10.1. The number of halogens is 1. The summed E-state index contributed by atoms with van der Waals surface area (Å²) in [5.41, 5.74) is 3.12. The van der Waals surface area contributed by atoms with Crippen LogP contribution in [0, 0.1) is 0 Å². The molecule has 1 atom stereocenters. The fraction of sp³-hybridized carbons (Fsp3) is 0.300. The number of benzene rings is 2. The van der Waals surface area contributed by atoms with Gasteiger partial charge >= 0.3 is 5.97 Å². The summed E-state index contributed by atoms with van der Waals surface area (Å²) >= 11 is 3.34. The minimum Gasteiger partial charge on any atom is -0.455 e. The predicted octanol–water partition coefficient (Wildman–Crippen LogP) is 3.97. The third kappa shape index (κ3) is 6.35. The van der Waals surface area contributed by atoms with Gasteiger partial charge < -0.3 is 10.1 Å². The van der Waals surface area contributed by atoms with E-state index in [0.717, 1.165) is 22.0 Å². The Morgan fingerprint density at radius 3 is 2.24 bits per heavy atom. The summed E-state index contributed by atoms with van der Waals surface area (Å²) in [6, 6.07) is 15.4. The van der Waals surface area contributed by atoms with Crippen molar-refractivity contribution in [2.75, 3.05) is 6.61 Å². The van der Waals surface area contributed by atoms with Gasteiger partial charge in [-0.2, -0.15) is 0 Å². The van der Waals surface area contributed by atoms with Gasteiger partial charge in [0.05, 0.1) is 12.5 Å². The molecule has 2 aromatic rings. The van der Waals surface area contributed by atoms with Crippen molar-refractivity contribution in [2.24, 2.45) is 0 Å². The highest BCUT2D eigenvalue weighted by Gasteiger charge is 2.12. The second-order valence-corrected chi connectivity index (χ2v) is 6.76. The molecular weight excluding hydrogens is 382 g/mol. The summed E-state index contributed by atoms with van der Waals surface area (Å²) in [5, 5.41) is 2.84. The Balaban J connectivity index is 1.77. The molecule has 0 fully saturated rings. The zero-order valence-corrected chi connectivity index (χ0v) is 16.0. The van der Waals surface area contributed by atoms with Crippen molar-refractivity contribution in [3.63, 3.8) is 0 Å². The standard InChI is InChI=1S/C20H22BrNO3/c1-3-15-4-8-17(9-5-15)14(2)22-19(23)13-25-20(24)12-16-6-10-18(21)11-7-16/h4-11,14H,3,12-13H2,1-2H3,(H,22,23)/t14-/m1/s1. The van der Waals surface area contributed by atoms with Crippen LogP contribution >= 0.6 is 15.9 Å². The van der Waals surface area contributed by atoms with Crippen molar-refractivity contribution < 1.29 is 14.3 Å². The monoisotopic (exact) mass is 403 g/mol. The Hall–Kier alpha value is -2.14. The van der Waals surface area contributed by atoms with E-state index in [2.05, 4.69) is 40.3 Å². The van der Waals surface area contributed by atoms with Crippen molar-refractivity contribution >= 4 is 27.8 Å². The van der Waals surface area contributed by atoms with E-state index in [1.54, 1.807) is 0 Å². The lowest BCUT2D eigenvalue weighted by molar-refractivity contribution is -0.148. The van der Waals surface area contributed by atoms with Crippen LogP contribution in [-0.2, 0) is 27.2 Å². The largest absolute Gasteiger partial charge is 0.455 e. The van der Waals surface area contributed by atoms with Gasteiger partial charge in [0.25, 0.3) is 5.91 Å². The molecular formula is C20H22BrNO3. The maximum absolute atomic E-state index is 12.0. The first-order valence-corrected chi connectivity index (χ1v) is 9.05. The van der Waals surface area contributed by atoms with Gasteiger partial charge in [0.15, 0.2) is 6.61 Å². The molecule has 2 rings (SSSR count). The lowest BCUT2D eigenvalue weighted by Crippen LogP contribution is -2.31. The molecule has 0 aliphatic rings. The van der Waals surface area contributed by atoms with E-state index in [0.29, 0.717) is 0 Å². The van der Waals surface area contributed by atoms with Crippen molar-refractivity contribution in [1.29, 1.82) is 0 Å². The molecule has 0 bridgehead atoms. The predicted molar refractivity (Wildman–Crippen MR) is 101 cm³/mol. The number of esters is 1. The summed E-state index contributed by atoms with van der Waals surface area (Å²) in [7, 11) is 0. The molecule has 0 saturated heterocycles. The number of nitrogens with one attached hydrogen (secondary N) is 1. The molecule has 0 radical (unpaired) electrons. The Morgan fingerprint density at radius 1 is 1.04 bits per heavy atom. The van der Waals surface area contributed by atoms with E-state index >= 15 is 0 Å². The zero-order valence-electron chi connectivity index (χ0n) is 14.4. The molecule has 132 valence electrons. The normalized spacial score (nSPS) is 11.6. The minimum absolute atomic E-state index is 0.136. The Bertz CT molecular complexity index is 711. The quantitative estimate of drug-likeness (QED) is 0.711. The number of rotatable bonds is 7. The van der Waals surface area contributed by atoms with E-state index in [-0.39, 0.29) is 25.0 Å². The van der Waals surface area contributed by atoms with Gasteiger partial charge in [-0.15, -0.1) is 0 Å². The van der Waals surface area contributed by atoms with E-state index in [1.165, 1.54) is 5.56 Å². The third-order valence-electron chi connectivity index (χ3n) is 3.89. The van der Waals surface area contributed by atoms with Crippen molar-refractivity contribution in [2.45, 2.75) is 32.7 Å². The van der Waals surface area contributed by atoms with Crippen LogP contribution in [-0.4, -0.2) is 18.5 Å². The highest BCUT2D eigenvalue weighted by atomic mass is 79.9. The number of ether oxygens (including phenoxy) is 1. The van der Waals surface area contributed by atoms with Crippen LogP contribution in [0.3, 0.4) is 0 Å². The fourth-order valence-corrected chi connectivity index (χ4v) is 2.64. The number of hydrogen-bond donors (Lipinski definition) is 1. The van der Waals surface area contributed by atoms with E-state index in [4.69, 9.17) is 4.74 Å². The van der Waals surface area contributed by atoms with Crippen LogP contribution in [0.25, 0.3) is 0 Å². The molecule has 0 saturated carbocycles. The number of carbonyl (C=O) groups is 2. The number of amides is 1. The highest BCUT2D eigenvalue weighted by Crippen LogP contribution is 2.14. The molecule has 0 unspecified atom stereocenters. The second-order valence-electron chi connectivity index (χ2n) is 5.85. The Kier molecular flexibility index (Phi) is 7.19. The smallest absolute Gasteiger partial charge is 0.310 e. The fourth-order valence-electron chi connectivity index (χ4n) is 2.37. The lowest BCUT2D eigenvalue weighted by Gasteiger charge is -2.15. The molecule has 0 aromatic heterocycles. The van der Waals surface area contributed by atoms with Gasteiger partial charge in [-0.1, -0.05) is 59.3 Å². The van der Waals surface area contributed by atoms with Gasteiger partial charge in [0, 0.05) is 4.47 Å². The van der Waals surface area contributed by atoms with Crippen LogP contribution in [0.1, 0.15) is 36.6 Å². The van der Waals surface area contributed by atoms with Crippen LogP contribution in [0.2, 0.25) is 0 Å². The molecule has 0 aliphatic heterocycles.